The van der Waals surface area contributed by atoms with Crippen LogP contribution in [-0.2, 0) is 6.61 Å². The first-order valence-electron chi connectivity index (χ1n) is 6.13. The van der Waals surface area contributed by atoms with Crippen molar-refractivity contribution in [1.82, 2.24) is 0 Å². The van der Waals surface area contributed by atoms with Crippen LogP contribution in [0.25, 0.3) is 6.08 Å². The number of rotatable bonds is 5. The molecule has 2 rings (SSSR count). The van der Waals surface area contributed by atoms with Gasteiger partial charge in [-0.1, -0.05) is 45.2 Å². The maximum absolute atomic E-state index is 10.5. The summed E-state index contributed by atoms with van der Waals surface area (Å²) in [6, 6.07) is 10.4. The molecule has 0 aliphatic carbocycles. The molecule has 0 N–H and O–H groups in total. The Kier molecular flexibility index (Phi) is 5.83. The van der Waals surface area contributed by atoms with E-state index in [9.17, 15) is 10.1 Å². The van der Waals surface area contributed by atoms with Crippen molar-refractivity contribution in [2.24, 2.45) is 0 Å². The van der Waals surface area contributed by atoms with Gasteiger partial charge >= 0.3 is 0 Å². The summed E-state index contributed by atoms with van der Waals surface area (Å²) in [5.41, 5.74) is 1.37. The summed E-state index contributed by atoms with van der Waals surface area (Å²) >= 11 is 15.3. The lowest BCUT2D eigenvalue weighted by molar-refractivity contribution is -0.400. The van der Waals surface area contributed by atoms with Crippen molar-refractivity contribution in [3.8, 4) is 5.75 Å². The lowest BCUT2D eigenvalue weighted by atomic mass is 10.2. The lowest BCUT2D eigenvalue weighted by Crippen LogP contribution is -1.98. The van der Waals surface area contributed by atoms with Crippen molar-refractivity contribution in [3.63, 3.8) is 0 Å². The smallest absolute Gasteiger partial charge is 0.235 e. The first-order valence-corrected chi connectivity index (χ1v) is 7.68. The van der Waals surface area contributed by atoms with Gasteiger partial charge in [0.05, 0.1) is 4.92 Å². The summed E-state index contributed by atoms with van der Waals surface area (Å²) in [5.74, 6) is 0.521. The van der Waals surface area contributed by atoms with Crippen molar-refractivity contribution < 1.29 is 9.66 Å². The maximum Gasteiger partial charge on any atom is 0.235 e. The van der Waals surface area contributed by atoms with Crippen LogP contribution in [-0.4, -0.2) is 4.92 Å². The zero-order valence-electron chi connectivity index (χ0n) is 11.1. The van der Waals surface area contributed by atoms with Crippen LogP contribution in [0.5, 0.6) is 5.75 Å². The average Bonchev–Trinajstić information content (AvgIpc) is 2.45. The van der Waals surface area contributed by atoms with Crippen LogP contribution in [0, 0.1) is 10.1 Å². The highest BCUT2D eigenvalue weighted by Gasteiger charge is 2.06. The average molecular weight is 403 g/mol. The van der Waals surface area contributed by atoms with Crippen LogP contribution in [0.1, 0.15) is 11.1 Å². The molecule has 0 unspecified atom stereocenters. The molecule has 7 heteroatoms. The lowest BCUT2D eigenvalue weighted by Gasteiger charge is -2.10. The molecule has 0 bridgehead atoms. The number of ether oxygens (including phenoxy) is 1. The predicted octanol–water partition coefficient (Wildman–Crippen LogP) is 5.58. The van der Waals surface area contributed by atoms with Gasteiger partial charge in [0.15, 0.2) is 0 Å². The van der Waals surface area contributed by atoms with Gasteiger partial charge in [-0.2, -0.15) is 0 Å². The quantitative estimate of drug-likeness (QED) is 0.484. The number of benzene rings is 2. The summed E-state index contributed by atoms with van der Waals surface area (Å²) in [5, 5.41) is 11.5. The minimum atomic E-state index is -0.527. The highest BCUT2D eigenvalue weighted by Crippen LogP contribution is 2.27. The van der Waals surface area contributed by atoms with Crippen LogP contribution in [0.4, 0.5) is 0 Å². The minimum Gasteiger partial charge on any atom is -0.488 e. The second kappa shape index (κ2) is 7.63. The molecule has 0 aliphatic rings. The number of nitro groups is 1. The fourth-order valence-corrected chi connectivity index (χ4v) is 2.56. The molecule has 0 heterocycles. The molecule has 0 aromatic heterocycles. The Hall–Kier alpha value is -1.56. The third-order valence-corrected chi connectivity index (χ3v) is 3.83. The van der Waals surface area contributed by atoms with Gasteiger partial charge in [-0.3, -0.25) is 10.1 Å². The van der Waals surface area contributed by atoms with E-state index in [2.05, 4.69) is 15.9 Å². The summed E-state index contributed by atoms with van der Waals surface area (Å²) in [6.45, 7) is 0.233. The number of nitrogens with zero attached hydrogens (tertiary/aromatic N) is 1. The maximum atomic E-state index is 10.5. The fraction of sp³-hybridized carbons (Fsp3) is 0.0667. The molecule has 0 aliphatic heterocycles. The highest BCUT2D eigenvalue weighted by atomic mass is 79.9. The zero-order chi connectivity index (χ0) is 16.1. The van der Waals surface area contributed by atoms with Crippen LogP contribution in [0.3, 0.4) is 0 Å². The molecule has 0 atom stereocenters. The van der Waals surface area contributed by atoms with Crippen LogP contribution < -0.4 is 4.74 Å². The van der Waals surface area contributed by atoms with E-state index in [1.165, 1.54) is 6.08 Å². The van der Waals surface area contributed by atoms with Gasteiger partial charge in [-0.25, -0.2) is 0 Å². The fourth-order valence-electron chi connectivity index (χ4n) is 1.72. The van der Waals surface area contributed by atoms with E-state index >= 15 is 0 Å². The molecule has 2 aromatic rings. The Balaban J connectivity index is 2.20. The molecular weight excluding hydrogens is 393 g/mol. The third-order valence-electron chi connectivity index (χ3n) is 2.75. The van der Waals surface area contributed by atoms with Gasteiger partial charge in [0.1, 0.15) is 12.4 Å². The minimum absolute atomic E-state index is 0.233. The summed E-state index contributed by atoms with van der Waals surface area (Å²) in [6.07, 6.45) is 2.24. The van der Waals surface area contributed by atoms with E-state index in [0.717, 1.165) is 16.2 Å². The summed E-state index contributed by atoms with van der Waals surface area (Å²) in [4.78, 5) is 9.93. The molecule has 2 aromatic carbocycles. The Bertz CT molecular complexity index is 735. The van der Waals surface area contributed by atoms with Crippen molar-refractivity contribution in [3.05, 3.63) is 78.4 Å². The number of hydrogen-bond acceptors (Lipinski definition) is 3. The standard InChI is InChI=1S/C15H10BrCl2NO3/c16-12-2-4-15(10(7-12)5-6-19(20)21)22-9-11-1-3-13(17)8-14(11)18/h1-8H,9H2. The first-order chi connectivity index (χ1) is 10.5. The summed E-state index contributed by atoms with van der Waals surface area (Å²) in [7, 11) is 0. The molecule has 0 spiro atoms. The first kappa shape index (κ1) is 16.8. The SMILES string of the molecule is O=[N+]([O-])C=Cc1cc(Br)ccc1OCc1ccc(Cl)cc1Cl. The Morgan fingerprint density at radius 2 is 2.00 bits per heavy atom. The van der Waals surface area contributed by atoms with Crippen LogP contribution in [0.15, 0.2) is 47.1 Å². The number of halogens is 3. The Morgan fingerprint density at radius 1 is 1.23 bits per heavy atom. The second-order valence-electron chi connectivity index (χ2n) is 4.31. The van der Waals surface area contributed by atoms with E-state index < -0.39 is 4.92 Å². The van der Waals surface area contributed by atoms with Crippen molar-refractivity contribution >= 4 is 45.2 Å². The van der Waals surface area contributed by atoms with E-state index in [4.69, 9.17) is 27.9 Å². The van der Waals surface area contributed by atoms with Crippen LogP contribution >= 0.6 is 39.1 Å². The molecule has 0 radical (unpaired) electrons. The highest BCUT2D eigenvalue weighted by molar-refractivity contribution is 9.10. The zero-order valence-corrected chi connectivity index (χ0v) is 14.2. The van der Waals surface area contributed by atoms with Gasteiger partial charge in [-0.15, -0.1) is 0 Å². The van der Waals surface area contributed by atoms with Gasteiger partial charge in [-0.05, 0) is 30.3 Å². The predicted molar refractivity (Wildman–Crippen MR) is 91.0 cm³/mol. The third kappa shape index (κ3) is 4.73. The van der Waals surface area contributed by atoms with Crippen molar-refractivity contribution in [1.29, 1.82) is 0 Å². The Labute approximate surface area is 145 Å². The van der Waals surface area contributed by atoms with E-state index in [1.54, 1.807) is 36.4 Å². The van der Waals surface area contributed by atoms with Crippen molar-refractivity contribution in [2.45, 2.75) is 6.61 Å². The van der Waals surface area contributed by atoms with Gasteiger partial charge < -0.3 is 4.74 Å². The molecular formula is C15H10BrCl2NO3. The monoisotopic (exact) mass is 401 g/mol. The van der Waals surface area contributed by atoms with Gasteiger partial charge in [0, 0.05) is 31.7 Å². The van der Waals surface area contributed by atoms with Gasteiger partial charge in [0.2, 0.25) is 6.20 Å². The molecule has 0 amide bonds. The van der Waals surface area contributed by atoms with Gasteiger partial charge in [0.25, 0.3) is 0 Å². The van der Waals surface area contributed by atoms with E-state index in [0.29, 0.717) is 21.4 Å². The Morgan fingerprint density at radius 3 is 2.68 bits per heavy atom. The topological polar surface area (TPSA) is 52.4 Å². The van der Waals surface area contributed by atoms with E-state index in [1.807, 2.05) is 0 Å². The van der Waals surface area contributed by atoms with E-state index in [-0.39, 0.29) is 6.61 Å². The number of hydrogen-bond donors (Lipinski definition) is 0. The molecule has 0 saturated heterocycles. The second-order valence-corrected chi connectivity index (χ2v) is 6.07. The largest absolute Gasteiger partial charge is 0.488 e. The molecule has 114 valence electrons. The normalized spacial score (nSPS) is 10.9. The molecule has 0 saturated carbocycles. The van der Waals surface area contributed by atoms with Crippen molar-refractivity contribution in [2.75, 3.05) is 0 Å². The molecule has 0 fully saturated rings. The molecule has 4 nitrogen and oxygen atoms in total. The summed E-state index contributed by atoms with van der Waals surface area (Å²) < 4.78 is 6.51. The molecule has 22 heavy (non-hydrogen) atoms. The van der Waals surface area contributed by atoms with Crippen LogP contribution in [0.2, 0.25) is 10.0 Å².